The third kappa shape index (κ3) is 4.18. The number of nitrogens with one attached hydrogen (secondary N) is 3. The van der Waals surface area contributed by atoms with Crippen molar-refractivity contribution < 1.29 is 24.0 Å². The summed E-state index contributed by atoms with van der Waals surface area (Å²) in [5, 5.41) is 8.50. The molecule has 3 saturated heterocycles. The summed E-state index contributed by atoms with van der Waals surface area (Å²) in [6.07, 6.45) is 4.11. The highest BCUT2D eigenvalue weighted by molar-refractivity contribution is 6.23. The number of benzene rings is 1. The molecule has 0 radical (unpaired) electrons. The lowest BCUT2D eigenvalue weighted by Gasteiger charge is -2.34. The van der Waals surface area contributed by atoms with E-state index in [1.54, 1.807) is 12.1 Å². The van der Waals surface area contributed by atoms with Crippen LogP contribution in [0.2, 0.25) is 0 Å². The molecule has 34 heavy (non-hydrogen) atoms. The quantitative estimate of drug-likeness (QED) is 0.527. The van der Waals surface area contributed by atoms with Crippen molar-refractivity contribution in [3.8, 4) is 0 Å². The summed E-state index contributed by atoms with van der Waals surface area (Å²) in [6, 6.07) is 4.15. The molecular formula is C24H29N5O5. The molecule has 4 aliphatic heterocycles. The van der Waals surface area contributed by atoms with Crippen LogP contribution in [0.4, 0.5) is 5.69 Å². The van der Waals surface area contributed by atoms with Crippen LogP contribution in [-0.2, 0) is 14.4 Å². The number of rotatable bonds is 5. The average Bonchev–Trinajstić information content (AvgIpc) is 3.46. The number of nitrogens with zero attached hydrogens (tertiary/aromatic N) is 2. The molecule has 3 atom stereocenters. The summed E-state index contributed by atoms with van der Waals surface area (Å²) >= 11 is 0. The van der Waals surface area contributed by atoms with Crippen molar-refractivity contribution in [3.05, 3.63) is 29.3 Å². The van der Waals surface area contributed by atoms with E-state index in [-0.39, 0.29) is 35.9 Å². The minimum absolute atomic E-state index is 0.0600. The van der Waals surface area contributed by atoms with E-state index in [1.807, 2.05) is 6.07 Å². The van der Waals surface area contributed by atoms with Crippen molar-refractivity contribution >= 4 is 35.2 Å². The fraction of sp³-hybridized carbons (Fsp3) is 0.542. The Balaban J connectivity index is 1.26. The second-order valence-corrected chi connectivity index (χ2v) is 9.53. The molecule has 4 heterocycles. The fourth-order valence-corrected chi connectivity index (χ4v) is 5.40. The smallest absolute Gasteiger partial charge is 0.262 e. The van der Waals surface area contributed by atoms with Gasteiger partial charge >= 0.3 is 0 Å². The van der Waals surface area contributed by atoms with Crippen LogP contribution in [0.3, 0.4) is 0 Å². The van der Waals surface area contributed by atoms with E-state index in [2.05, 4.69) is 20.9 Å². The number of carbonyl (C=O) groups is 5. The van der Waals surface area contributed by atoms with Crippen LogP contribution in [-0.4, -0.2) is 72.7 Å². The first kappa shape index (κ1) is 22.5. The third-order valence-corrected chi connectivity index (χ3v) is 7.25. The molecule has 0 spiro atoms. The van der Waals surface area contributed by atoms with E-state index in [0.717, 1.165) is 55.9 Å². The van der Waals surface area contributed by atoms with Crippen LogP contribution in [0.5, 0.6) is 0 Å². The van der Waals surface area contributed by atoms with Crippen molar-refractivity contribution in [3.63, 3.8) is 0 Å². The van der Waals surface area contributed by atoms with E-state index >= 15 is 0 Å². The predicted molar refractivity (Wildman–Crippen MR) is 122 cm³/mol. The second-order valence-electron chi connectivity index (χ2n) is 9.53. The highest BCUT2D eigenvalue weighted by atomic mass is 16.2. The molecule has 3 N–H and O–H groups in total. The molecular weight excluding hydrogens is 438 g/mol. The molecule has 5 amide bonds. The van der Waals surface area contributed by atoms with Gasteiger partial charge in [0.1, 0.15) is 6.04 Å². The summed E-state index contributed by atoms with van der Waals surface area (Å²) in [5.41, 5.74) is 1.41. The van der Waals surface area contributed by atoms with E-state index in [1.165, 1.54) is 0 Å². The zero-order valence-corrected chi connectivity index (χ0v) is 19.0. The van der Waals surface area contributed by atoms with Crippen molar-refractivity contribution in [2.75, 3.05) is 31.1 Å². The number of imide groups is 2. The number of fused-ring (bicyclic) bond motifs is 1. The highest BCUT2D eigenvalue weighted by Crippen LogP contribution is 2.32. The number of carbonyl (C=O) groups excluding carboxylic acids is 5. The maximum Gasteiger partial charge on any atom is 0.262 e. The maximum absolute atomic E-state index is 13.1. The number of piperidine rings is 2. The lowest BCUT2D eigenvalue weighted by Crippen LogP contribution is -2.54. The molecule has 0 bridgehead atoms. The van der Waals surface area contributed by atoms with Crippen LogP contribution in [0, 0.1) is 5.92 Å². The Morgan fingerprint density at radius 1 is 1.03 bits per heavy atom. The summed E-state index contributed by atoms with van der Waals surface area (Å²) in [5.74, 6) is -1.65. The lowest BCUT2D eigenvalue weighted by molar-refractivity contribution is -0.136. The van der Waals surface area contributed by atoms with Crippen molar-refractivity contribution in [2.24, 2.45) is 5.92 Å². The Bertz CT molecular complexity index is 1050. The Morgan fingerprint density at radius 3 is 2.62 bits per heavy atom. The Morgan fingerprint density at radius 2 is 1.85 bits per heavy atom. The van der Waals surface area contributed by atoms with Gasteiger partial charge in [0.15, 0.2) is 0 Å². The number of hydrogen-bond acceptors (Lipinski definition) is 7. The van der Waals surface area contributed by atoms with E-state index in [0.29, 0.717) is 12.5 Å². The summed E-state index contributed by atoms with van der Waals surface area (Å²) in [6.45, 7) is 3.07. The molecule has 4 aliphatic rings. The van der Waals surface area contributed by atoms with Crippen LogP contribution in [0.1, 0.15) is 59.2 Å². The molecule has 180 valence electrons. The van der Waals surface area contributed by atoms with Gasteiger partial charge in [-0.25, -0.2) is 0 Å². The molecule has 0 aromatic heterocycles. The molecule has 1 aromatic carbocycles. The zero-order valence-electron chi connectivity index (χ0n) is 19.0. The lowest BCUT2D eigenvalue weighted by atomic mass is 9.96. The summed E-state index contributed by atoms with van der Waals surface area (Å²) in [4.78, 5) is 65.2. The van der Waals surface area contributed by atoms with Gasteiger partial charge in [0, 0.05) is 31.7 Å². The van der Waals surface area contributed by atoms with Crippen LogP contribution in [0.25, 0.3) is 0 Å². The van der Waals surface area contributed by atoms with Crippen LogP contribution in [0.15, 0.2) is 18.2 Å². The van der Waals surface area contributed by atoms with Gasteiger partial charge in [-0.15, -0.1) is 0 Å². The molecule has 1 aromatic rings. The SMILES string of the molecule is O=C1CCC(N2C(=O)c3ccc(N4CCCC(CNC(=O)C5CCCN5)C4)cc3C2=O)C(=O)N1. The Hall–Kier alpha value is -3.27. The Labute approximate surface area is 197 Å². The largest absolute Gasteiger partial charge is 0.371 e. The van der Waals surface area contributed by atoms with Crippen LogP contribution < -0.4 is 20.9 Å². The van der Waals surface area contributed by atoms with Gasteiger partial charge in [0.25, 0.3) is 11.8 Å². The van der Waals surface area contributed by atoms with Crippen LogP contribution >= 0.6 is 0 Å². The van der Waals surface area contributed by atoms with Crippen molar-refractivity contribution in [2.45, 2.75) is 50.6 Å². The minimum atomic E-state index is -0.967. The zero-order chi connectivity index (χ0) is 23.8. The number of hydrogen-bond donors (Lipinski definition) is 3. The molecule has 0 aliphatic carbocycles. The molecule has 3 unspecified atom stereocenters. The standard InChI is InChI=1S/C24H29N5O5/c30-20-8-7-19(22(32)27-20)29-23(33)16-6-5-15(11-17(16)24(29)34)28-10-2-3-14(13-28)12-26-21(31)18-4-1-9-25-18/h5-6,11,14,18-19,25H,1-4,7-10,12-13H2,(H,26,31)(H,27,30,32). The summed E-state index contributed by atoms with van der Waals surface area (Å²) < 4.78 is 0. The Kier molecular flexibility index (Phi) is 6.07. The molecule has 10 nitrogen and oxygen atoms in total. The second kappa shape index (κ2) is 9.17. The van der Waals surface area contributed by atoms with Gasteiger partial charge in [-0.2, -0.15) is 0 Å². The monoisotopic (exact) mass is 467 g/mol. The number of amides is 5. The summed E-state index contributed by atoms with van der Waals surface area (Å²) in [7, 11) is 0. The first-order valence-corrected chi connectivity index (χ1v) is 12.0. The van der Waals surface area contributed by atoms with Gasteiger partial charge in [-0.3, -0.25) is 34.2 Å². The average molecular weight is 468 g/mol. The minimum Gasteiger partial charge on any atom is -0.371 e. The topological polar surface area (TPSA) is 128 Å². The molecule has 3 fully saturated rings. The highest BCUT2D eigenvalue weighted by Gasteiger charge is 2.44. The normalized spacial score (nSPS) is 27.1. The first-order valence-electron chi connectivity index (χ1n) is 12.0. The van der Waals surface area contributed by atoms with E-state index < -0.39 is 29.7 Å². The fourth-order valence-electron chi connectivity index (χ4n) is 5.40. The van der Waals surface area contributed by atoms with Gasteiger partial charge in [-0.05, 0) is 62.8 Å². The molecule has 10 heteroatoms. The van der Waals surface area contributed by atoms with E-state index in [9.17, 15) is 24.0 Å². The van der Waals surface area contributed by atoms with Gasteiger partial charge in [0.05, 0.1) is 17.2 Å². The van der Waals surface area contributed by atoms with Gasteiger partial charge in [0.2, 0.25) is 17.7 Å². The molecule has 5 rings (SSSR count). The van der Waals surface area contributed by atoms with Crippen molar-refractivity contribution in [1.82, 2.24) is 20.9 Å². The third-order valence-electron chi connectivity index (χ3n) is 7.25. The van der Waals surface area contributed by atoms with Gasteiger partial charge in [-0.1, -0.05) is 0 Å². The van der Waals surface area contributed by atoms with E-state index in [4.69, 9.17) is 0 Å². The maximum atomic E-state index is 13.1. The first-order chi connectivity index (χ1) is 16.4. The van der Waals surface area contributed by atoms with Crippen molar-refractivity contribution in [1.29, 1.82) is 0 Å². The predicted octanol–water partition coefficient (Wildman–Crippen LogP) is 0.172. The number of anilines is 1. The van der Waals surface area contributed by atoms with Gasteiger partial charge < -0.3 is 15.5 Å². The molecule has 0 saturated carbocycles.